The molecule has 0 amide bonds. The van der Waals surface area contributed by atoms with Gasteiger partial charge in [0.2, 0.25) is 0 Å². The van der Waals surface area contributed by atoms with Crippen molar-refractivity contribution >= 4 is 10.8 Å². The van der Waals surface area contributed by atoms with Gasteiger partial charge in [0.25, 0.3) is 0 Å². The number of aryl methyl sites for hydroxylation is 1. The molecule has 0 bridgehead atoms. The van der Waals surface area contributed by atoms with E-state index < -0.39 is 0 Å². The molecular formula is C17H18O4. The highest BCUT2D eigenvalue weighted by atomic mass is 16.6. The summed E-state index contributed by atoms with van der Waals surface area (Å²) in [5, 5.41) is 2.24. The number of epoxide rings is 2. The number of benzene rings is 2. The third kappa shape index (κ3) is 3.12. The van der Waals surface area contributed by atoms with Crippen molar-refractivity contribution in [1.29, 1.82) is 0 Å². The Bertz CT molecular complexity index is 659. The van der Waals surface area contributed by atoms with E-state index in [0.717, 1.165) is 35.5 Å². The van der Waals surface area contributed by atoms with Crippen LogP contribution in [0.25, 0.3) is 10.8 Å². The number of fused-ring (bicyclic) bond motifs is 1. The van der Waals surface area contributed by atoms with Gasteiger partial charge in [0.15, 0.2) is 0 Å². The molecule has 0 aromatic heterocycles. The summed E-state index contributed by atoms with van der Waals surface area (Å²) in [4.78, 5) is 0. The maximum atomic E-state index is 5.91. The second kappa shape index (κ2) is 5.20. The summed E-state index contributed by atoms with van der Waals surface area (Å²) in [6, 6.07) is 10.3. The largest absolute Gasteiger partial charge is 0.491 e. The summed E-state index contributed by atoms with van der Waals surface area (Å²) in [5.74, 6) is 1.75. The molecule has 2 atom stereocenters. The van der Waals surface area contributed by atoms with Gasteiger partial charge in [0.05, 0.1) is 13.2 Å². The summed E-state index contributed by atoms with van der Waals surface area (Å²) in [5.41, 5.74) is 1.19. The Morgan fingerprint density at radius 2 is 1.71 bits per heavy atom. The van der Waals surface area contributed by atoms with Gasteiger partial charge < -0.3 is 18.9 Å². The van der Waals surface area contributed by atoms with Crippen molar-refractivity contribution in [2.75, 3.05) is 26.4 Å². The van der Waals surface area contributed by atoms with Crippen molar-refractivity contribution in [3.8, 4) is 11.5 Å². The van der Waals surface area contributed by atoms with Crippen molar-refractivity contribution < 1.29 is 18.9 Å². The molecule has 0 aliphatic carbocycles. The second-order valence-corrected chi connectivity index (χ2v) is 5.68. The smallest absolute Gasteiger partial charge is 0.127 e. The van der Waals surface area contributed by atoms with Crippen LogP contribution in [-0.4, -0.2) is 38.6 Å². The Morgan fingerprint density at radius 1 is 1.00 bits per heavy atom. The van der Waals surface area contributed by atoms with Gasteiger partial charge in [-0.2, -0.15) is 0 Å². The summed E-state index contributed by atoms with van der Waals surface area (Å²) in [7, 11) is 0. The van der Waals surface area contributed by atoms with Gasteiger partial charge in [-0.3, -0.25) is 0 Å². The number of hydrogen-bond donors (Lipinski definition) is 0. The lowest BCUT2D eigenvalue weighted by molar-refractivity contribution is 0.262. The Kier molecular flexibility index (Phi) is 3.20. The summed E-state index contributed by atoms with van der Waals surface area (Å²) >= 11 is 0. The van der Waals surface area contributed by atoms with Crippen molar-refractivity contribution in [1.82, 2.24) is 0 Å². The summed E-state index contributed by atoms with van der Waals surface area (Å²) in [6.45, 7) is 4.92. The third-order valence-corrected chi connectivity index (χ3v) is 3.70. The molecule has 0 spiro atoms. The Hall–Kier alpha value is -1.78. The van der Waals surface area contributed by atoms with Crippen LogP contribution in [0.15, 0.2) is 30.3 Å². The van der Waals surface area contributed by atoms with Crippen LogP contribution in [0, 0.1) is 6.92 Å². The minimum absolute atomic E-state index is 0.256. The Morgan fingerprint density at radius 3 is 2.43 bits per heavy atom. The molecule has 2 saturated heterocycles. The van der Waals surface area contributed by atoms with Crippen LogP contribution in [0.4, 0.5) is 0 Å². The zero-order valence-corrected chi connectivity index (χ0v) is 12.0. The second-order valence-electron chi connectivity index (χ2n) is 5.68. The predicted molar refractivity (Wildman–Crippen MR) is 79.2 cm³/mol. The quantitative estimate of drug-likeness (QED) is 0.766. The molecule has 2 aromatic carbocycles. The molecule has 2 fully saturated rings. The molecule has 4 rings (SSSR count). The van der Waals surface area contributed by atoms with E-state index in [1.165, 1.54) is 5.56 Å². The minimum Gasteiger partial charge on any atom is -0.491 e. The van der Waals surface area contributed by atoms with E-state index in [0.29, 0.717) is 13.2 Å². The minimum atomic E-state index is 0.256. The van der Waals surface area contributed by atoms with Crippen molar-refractivity contribution in [2.24, 2.45) is 0 Å². The van der Waals surface area contributed by atoms with E-state index in [9.17, 15) is 0 Å². The monoisotopic (exact) mass is 286 g/mol. The fraction of sp³-hybridized carbons (Fsp3) is 0.412. The zero-order chi connectivity index (χ0) is 14.2. The van der Waals surface area contributed by atoms with E-state index in [4.69, 9.17) is 18.9 Å². The maximum absolute atomic E-state index is 5.91. The van der Waals surface area contributed by atoms with Crippen molar-refractivity contribution in [3.63, 3.8) is 0 Å². The van der Waals surface area contributed by atoms with E-state index in [1.54, 1.807) is 0 Å². The third-order valence-electron chi connectivity index (χ3n) is 3.70. The normalized spacial score (nSPS) is 23.1. The molecule has 0 radical (unpaired) electrons. The first-order valence-electron chi connectivity index (χ1n) is 7.31. The van der Waals surface area contributed by atoms with Crippen LogP contribution in [0.3, 0.4) is 0 Å². The lowest BCUT2D eigenvalue weighted by Gasteiger charge is -2.12. The van der Waals surface area contributed by atoms with E-state index in [2.05, 4.69) is 25.1 Å². The van der Waals surface area contributed by atoms with Crippen molar-refractivity contribution in [2.45, 2.75) is 19.1 Å². The fourth-order valence-electron chi connectivity index (χ4n) is 2.36. The highest BCUT2D eigenvalue weighted by Gasteiger charge is 2.24. The molecule has 110 valence electrons. The van der Waals surface area contributed by atoms with Crippen LogP contribution in [0.5, 0.6) is 11.5 Å². The Balaban J connectivity index is 1.61. The van der Waals surface area contributed by atoms with Gasteiger partial charge in [-0.1, -0.05) is 12.1 Å². The molecule has 0 saturated carbocycles. The first kappa shape index (κ1) is 12.9. The highest BCUT2D eigenvalue weighted by Crippen LogP contribution is 2.31. The lowest BCUT2D eigenvalue weighted by atomic mass is 10.1. The molecular weight excluding hydrogens is 268 g/mol. The Labute approximate surface area is 123 Å². The van der Waals surface area contributed by atoms with Crippen LogP contribution in [0.1, 0.15) is 5.56 Å². The first-order valence-corrected chi connectivity index (χ1v) is 7.31. The molecule has 2 aromatic rings. The molecule has 2 aliphatic heterocycles. The molecule has 4 nitrogen and oxygen atoms in total. The average Bonchev–Trinajstić information content (AvgIpc) is 3.37. The maximum Gasteiger partial charge on any atom is 0.127 e. The fourth-order valence-corrected chi connectivity index (χ4v) is 2.36. The average molecular weight is 286 g/mol. The SMILES string of the molecule is Cc1cc(OCC2CO2)c2cc(OCC3CO3)ccc2c1. The van der Waals surface area contributed by atoms with Gasteiger partial charge in [-0.05, 0) is 36.1 Å². The summed E-state index contributed by atoms with van der Waals surface area (Å²) < 4.78 is 22.0. The van der Waals surface area contributed by atoms with E-state index >= 15 is 0 Å². The highest BCUT2D eigenvalue weighted by molar-refractivity contribution is 5.90. The van der Waals surface area contributed by atoms with Gasteiger partial charge in [-0.15, -0.1) is 0 Å². The van der Waals surface area contributed by atoms with Crippen LogP contribution < -0.4 is 9.47 Å². The van der Waals surface area contributed by atoms with Gasteiger partial charge in [0, 0.05) is 5.39 Å². The first-order chi connectivity index (χ1) is 10.3. The van der Waals surface area contributed by atoms with Gasteiger partial charge in [-0.25, -0.2) is 0 Å². The molecule has 0 N–H and O–H groups in total. The number of ether oxygens (including phenoxy) is 4. The van der Waals surface area contributed by atoms with E-state index in [-0.39, 0.29) is 12.2 Å². The lowest BCUT2D eigenvalue weighted by Crippen LogP contribution is -2.05. The van der Waals surface area contributed by atoms with Gasteiger partial charge >= 0.3 is 0 Å². The molecule has 4 heteroatoms. The van der Waals surface area contributed by atoms with Crippen LogP contribution in [0.2, 0.25) is 0 Å². The summed E-state index contributed by atoms with van der Waals surface area (Å²) in [6.07, 6.45) is 0.522. The van der Waals surface area contributed by atoms with Crippen LogP contribution in [-0.2, 0) is 9.47 Å². The number of hydrogen-bond acceptors (Lipinski definition) is 4. The molecule has 2 aliphatic rings. The standard InChI is InChI=1S/C17H18O4/c1-11-4-12-2-3-13(18-7-14-8-19-14)6-16(12)17(5-11)21-10-15-9-20-15/h2-6,14-15H,7-10H2,1H3. The van der Waals surface area contributed by atoms with Gasteiger partial charge in [0.1, 0.15) is 36.9 Å². The topological polar surface area (TPSA) is 43.5 Å². The molecule has 2 unspecified atom stereocenters. The molecule has 2 heterocycles. The molecule has 21 heavy (non-hydrogen) atoms. The van der Waals surface area contributed by atoms with Crippen molar-refractivity contribution in [3.05, 3.63) is 35.9 Å². The predicted octanol–water partition coefficient (Wildman–Crippen LogP) is 2.70. The zero-order valence-electron chi connectivity index (χ0n) is 12.0. The number of rotatable bonds is 6. The van der Waals surface area contributed by atoms with Crippen LogP contribution >= 0.6 is 0 Å². The van der Waals surface area contributed by atoms with E-state index in [1.807, 2.05) is 12.1 Å².